The molecule has 1 aromatic carbocycles. The molecular formula is C16H17F3N2OS. The van der Waals surface area contributed by atoms with Gasteiger partial charge in [0.15, 0.2) is 0 Å². The summed E-state index contributed by atoms with van der Waals surface area (Å²) in [5, 5.41) is 4.42. The molecule has 23 heavy (non-hydrogen) atoms. The number of halogens is 3. The first-order chi connectivity index (χ1) is 10.6. The fourth-order valence-corrected chi connectivity index (χ4v) is 2.93. The van der Waals surface area contributed by atoms with Gasteiger partial charge >= 0.3 is 6.18 Å². The van der Waals surface area contributed by atoms with Crippen LogP contribution in [0.3, 0.4) is 0 Å². The molecule has 0 aliphatic carbocycles. The summed E-state index contributed by atoms with van der Waals surface area (Å²) in [6.45, 7) is 3.42. The monoisotopic (exact) mass is 342 g/mol. The van der Waals surface area contributed by atoms with Crippen LogP contribution in [0.5, 0.6) is 0 Å². The van der Waals surface area contributed by atoms with Crippen LogP contribution in [0.15, 0.2) is 35.7 Å². The predicted molar refractivity (Wildman–Crippen MR) is 85.3 cm³/mol. The molecule has 0 aliphatic heterocycles. The SMILES string of the molecule is CC(C)(C(=O)Nc1cc(CN)cc(C(F)(F)F)c1)c1cccs1. The molecule has 3 nitrogen and oxygen atoms in total. The lowest BCUT2D eigenvalue weighted by Gasteiger charge is -2.23. The molecule has 0 bridgehead atoms. The van der Waals surface area contributed by atoms with E-state index in [0.29, 0.717) is 5.56 Å². The highest BCUT2D eigenvalue weighted by Gasteiger charge is 2.33. The summed E-state index contributed by atoms with van der Waals surface area (Å²) in [5.41, 5.74) is 4.18. The first-order valence-electron chi connectivity index (χ1n) is 6.91. The molecule has 2 aromatic rings. The Morgan fingerprint density at radius 1 is 1.26 bits per heavy atom. The van der Waals surface area contributed by atoms with Crippen LogP contribution in [0.2, 0.25) is 0 Å². The lowest BCUT2D eigenvalue weighted by atomic mass is 9.90. The third-order valence-corrected chi connectivity index (χ3v) is 4.71. The van der Waals surface area contributed by atoms with Crippen LogP contribution in [-0.4, -0.2) is 5.91 Å². The van der Waals surface area contributed by atoms with Gasteiger partial charge < -0.3 is 11.1 Å². The maximum Gasteiger partial charge on any atom is 0.416 e. The summed E-state index contributed by atoms with van der Waals surface area (Å²) in [6.07, 6.45) is -4.49. The zero-order chi connectivity index (χ0) is 17.3. The second-order valence-corrected chi connectivity index (χ2v) is 6.62. The zero-order valence-electron chi connectivity index (χ0n) is 12.7. The molecule has 1 heterocycles. The number of rotatable bonds is 4. The molecule has 124 valence electrons. The molecule has 0 saturated carbocycles. The summed E-state index contributed by atoms with van der Waals surface area (Å²) < 4.78 is 38.8. The average Bonchev–Trinajstić information content (AvgIpc) is 3.00. The van der Waals surface area contributed by atoms with Crippen LogP contribution in [0.25, 0.3) is 0 Å². The maximum atomic E-state index is 12.9. The number of amides is 1. The van der Waals surface area contributed by atoms with Gasteiger partial charge in [-0.15, -0.1) is 11.3 Å². The number of carbonyl (C=O) groups excluding carboxylic acids is 1. The van der Waals surface area contributed by atoms with Gasteiger partial charge in [-0.25, -0.2) is 0 Å². The highest BCUT2D eigenvalue weighted by Crippen LogP contribution is 2.33. The Morgan fingerprint density at radius 2 is 1.96 bits per heavy atom. The third kappa shape index (κ3) is 3.92. The van der Waals surface area contributed by atoms with Gasteiger partial charge in [0.25, 0.3) is 0 Å². The van der Waals surface area contributed by atoms with Crippen LogP contribution in [0.4, 0.5) is 18.9 Å². The minimum absolute atomic E-state index is 0.0406. The molecule has 0 fully saturated rings. The predicted octanol–water partition coefficient (Wildman–Crippen LogP) is 4.14. The summed E-state index contributed by atoms with van der Waals surface area (Å²) in [6, 6.07) is 7.01. The van der Waals surface area contributed by atoms with Crippen LogP contribution in [0.1, 0.15) is 29.9 Å². The van der Waals surface area contributed by atoms with E-state index in [1.54, 1.807) is 13.8 Å². The molecule has 2 rings (SSSR count). The van der Waals surface area contributed by atoms with Crippen molar-refractivity contribution < 1.29 is 18.0 Å². The van der Waals surface area contributed by atoms with Gasteiger partial charge in [-0.3, -0.25) is 4.79 Å². The van der Waals surface area contributed by atoms with Crippen molar-refractivity contribution in [3.05, 3.63) is 51.7 Å². The van der Waals surface area contributed by atoms with Crippen LogP contribution < -0.4 is 11.1 Å². The van der Waals surface area contributed by atoms with Gasteiger partial charge in [-0.05, 0) is 49.1 Å². The van der Waals surface area contributed by atoms with Crippen LogP contribution in [0, 0.1) is 0 Å². The van der Waals surface area contributed by atoms with Gasteiger partial charge in [-0.1, -0.05) is 6.07 Å². The lowest BCUT2D eigenvalue weighted by Crippen LogP contribution is -2.34. The molecule has 0 aliphatic rings. The smallest absolute Gasteiger partial charge is 0.326 e. The largest absolute Gasteiger partial charge is 0.416 e. The molecule has 7 heteroatoms. The number of hydrogen-bond donors (Lipinski definition) is 2. The summed E-state index contributed by atoms with van der Waals surface area (Å²) in [4.78, 5) is 13.3. The van der Waals surface area contributed by atoms with E-state index in [-0.39, 0.29) is 18.1 Å². The van der Waals surface area contributed by atoms with Crippen LogP contribution >= 0.6 is 11.3 Å². The van der Waals surface area contributed by atoms with Crippen molar-refractivity contribution in [1.29, 1.82) is 0 Å². The summed E-state index contributed by atoms with van der Waals surface area (Å²) >= 11 is 1.42. The summed E-state index contributed by atoms with van der Waals surface area (Å²) in [7, 11) is 0. The van der Waals surface area contributed by atoms with E-state index in [1.165, 1.54) is 17.4 Å². The number of benzene rings is 1. The topological polar surface area (TPSA) is 55.1 Å². The second kappa shape index (κ2) is 6.33. The van der Waals surface area contributed by atoms with E-state index in [4.69, 9.17) is 5.73 Å². The lowest BCUT2D eigenvalue weighted by molar-refractivity contribution is -0.137. The quantitative estimate of drug-likeness (QED) is 0.877. The molecule has 1 amide bonds. The van der Waals surface area contributed by atoms with Crippen molar-refractivity contribution in [2.45, 2.75) is 32.0 Å². The molecular weight excluding hydrogens is 325 g/mol. The highest BCUT2D eigenvalue weighted by atomic mass is 32.1. The van der Waals surface area contributed by atoms with Crippen molar-refractivity contribution in [3.8, 4) is 0 Å². The Bertz CT molecular complexity index is 694. The number of nitrogens with two attached hydrogens (primary N) is 1. The molecule has 0 radical (unpaired) electrons. The number of thiophene rings is 1. The molecule has 1 aromatic heterocycles. The van der Waals surface area contributed by atoms with Crippen LogP contribution in [-0.2, 0) is 22.9 Å². The molecule has 0 unspecified atom stereocenters. The van der Waals surface area contributed by atoms with Crippen molar-refractivity contribution in [2.75, 3.05) is 5.32 Å². The standard InChI is InChI=1S/C16H17F3N2OS/c1-15(2,13-4-3-5-23-13)14(22)21-12-7-10(9-20)6-11(8-12)16(17,18)19/h3-8H,9,20H2,1-2H3,(H,21,22). The molecule has 0 atom stereocenters. The number of anilines is 1. The van der Waals surface area contributed by atoms with E-state index in [0.717, 1.165) is 17.0 Å². The van der Waals surface area contributed by atoms with Gasteiger partial charge in [0.1, 0.15) is 0 Å². The Kier molecular flexibility index (Phi) is 4.81. The third-order valence-electron chi connectivity index (χ3n) is 3.52. The van der Waals surface area contributed by atoms with Crippen molar-refractivity contribution >= 4 is 22.9 Å². The van der Waals surface area contributed by atoms with E-state index in [9.17, 15) is 18.0 Å². The van der Waals surface area contributed by atoms with Gasteiger partial charge in [0.05, 0.1) is 11.0 Å². The Labute approximate surface area is 136 Å². The van der Waals surface area contributed by atoms with Crippen molar-refractivity contribution in [1.82, 2.24) is 0 Å². The minimum Gasteiger partial charge on any atom is -0.326 e. The number of nitrogens with one attached hydrogen (secondary N) is 1. The number of alkyl halides is 3. The fraction of sp³-hybridized carbons (Fsp3) is 0.312. The second-order valence-electron chi connectivity index (χ2n) is 5.68. The van der Waals surface area contributed by atoms with Gasteiger partial charge in [0, 0.05) is 17.1 Å². The Balaban J connectivity index is 2.31. The van der Waals surface area contributed by atoms with Gasteiger partial charge in [0.2, 0.25) is 5.91 Å². The highest BCUT2D eigenvalue weighted by molar-refractivity contribution is 7.10. The normalized spacial score (nSPS) is 12.3. The van der Waals surface area contributed by atoms with E-state index in [1.807, 2.05) is 17.5 Å². The Hall–Kier alpha value is -1.86. The number of carbonyl (C=O) groups is 1. The average molecular weight is 342 g/mol. The van der Waals surface area contributed by atoms with Gasteiger partial charge in [-0.2, -0.15) is 13.2 Å². The first-order valence-corrected chi connectivity index (χ1v) is 7.79. The number of hydrogen-bond acceptors (Lipinski definition) is 3. The fourth-order valence-electron chi connectivity index (χ4n) is 2.08. The maximum absolute atomic E-state index is 12.9. The van der Waals surface area contributed by atoms with Crippen molar-refractivity contribution in [2.24, 2.45) is 5.73 Å². The molecule has 0 saturated heterocycles. The van der Waals surface area contributed by atoms with Crippen molar-refractivity contribution in [3.63, 3.8) is 0 Å². The zero-order valence-corrected chi connectivity index (χ0v) is 13.5. The van der Waals surface area contributed by atoms with E-state index >= 15 is 0 Å². The first kappa shape index (κ1) is 17.5. The molecule has 0 spiro atoms. The minimum atomic E-state index is -4.49. The Morgan fingerprint density at radius 3 is 2.48 bits per heavy atom. The van der Waals surface area contributed by atoms with E-state index < -0.39 is 17.2 Å². The molecule has 3 N–H and O–H groups in total. The van der Waals surface area contributed by atoms with E-state index in [2.05, 4.69) is 5.32 Å². The summed E-state index contributed by atoms with van der Waals surface area (Å²) in [5.74, 6) is -0.373.